The summed E-state index contributed by atoms with van der Waals surface area (Å²) in [5, 5.41) is 0.831. The summed E-state index contributed by atoms with van der Waals surface area (Å²) in [6.07, 6.45) is 1.82. The van der Waals surface area contributed by atoms with E-state index >= 15 is 0 Å². The molecule has 0 aliphatic heterocycles. The molecule has 9 heavy (non-hydrogen) atoms. The van der Waals surface area contributed by atoms with Gasteiger partial charge in [-0.2, -0.15) is 0 Å². The normalized spacial score (nSPS) is 14.1. The summed E-state index contributed by atoms with van der Waals surface area (Å²) in [7, 11) is 0. The highest BCUT2D eigenvalue weighted by Gasteiger charge is 2.13. The molecule has 0 aromatic heterocycles. The van der Waals surface area contributed by atoms with Gasteiger partial charge < -0.3 is 0 Å². The number of hydrogen-bond acceptors (Lipinski definition) is 0. The monoisotopic (exact) mass is 166 g/mol. The molecule has 0 amide bonds. The standard InChI is InChI=1S/C7H12Cl2/c1-7(2,3)6(9)4-5-8/h4H,5H2,1-3H3/b6-4-. The fraction of sp³-hybridized carbons (Fsp3) is 0.714. The Morgan fingerprint density at radius 3 is 2.00 bits per heavy atom. The van der Waals surface area contributed by atoms with Crippen LogP contribution in [0.3, 0.4) is 0 Å². The maximum atomic E-state index is 5.83. The van der Waals surface area contributed by atoms with E-state index in [0.29, 0.717) is 5.88 Å². The van der Waals surface area contributed by atoms with Gasteiger partial charge in [0.25, 0.3) is 0 Å². The predicted octanol–water partition coefficient (Wildman–Crippen LogP) is 3.39. The van der Waals surface area contributed by atoms with Gasteiger partial charge in [0.05, 0.1) is 0 Å². The van der Waals surface area contributed by atoms with E-state index in [2.05, 4.69) is 20.8 Å². The Hall–Kier alpha value is 0.320. The van der Waals surface area contributed by atoms with Crippen molar-refractivity contribution in [3.63, 3.8) is 0 Å². The molecule has 0 fully saturated rings. The summed E-state index contributed by atoms with van der Waals surface area (Å²) in [6.45, 7) is 6.16. The second-order valence-corrected chi connectivity index (χ2v) is 3.67. The van der Waals surface area contributed by atoms with Gasteiger partial charge in [0.2, 0.25) is 0 Å². The van der Waals surface area contributed by atoms with Gasteiger partial charge in [-0.05, 0) is 5.41 Å². The van der Waals surface area contributed by atoms with E-state index in [1.165, 1.54) is 0 Å². The Balaban J connectivity index is 4.03. The fourth-order valence-electron chi connectivity index (χ4n) is 0.374. The first-order chi connectivity index (χ1) is 3.98. The third-order valence-electron chi connectivity index (χ3n) is 0.973. The average molecular weight is 167 g/mol. The first kappa shape index (κ1) is 9.32. The van der Waals surface area contributed by atoms with E-state index < -0.39 is 0 Å². The minimum Gasteiger partial charge on any atom is -0.122 e. The Morgan fingerprint density at radius 1 is 1.44 bits per heavy atom. The van der Waals surface area contributed by atoms with Crippen molar-refractivity contribution in [2.24, 2.45) is 5.41 Å². The van der Waals surface area contributed by atoms with E-state index in [0.717, 1.165) is 5.03 Å². The van der Waals surface area contributed by atoms with Crippen LogP contribution in [0.25, 0.3) is 0 Å². The van der Waals surface area contributed by atoms with Gasteiger partial charge in [-0.25, -0.2) is 0 Å². The zero-order chi connectivity index (χ0) is 7.49. The predicted molar refractivity (Wildman–Crippen MR) is 44.1 cm³/mol. The molecule has 0 spiro atoms. The van der Waals surface area contributed by atoms with Crippen LogP contribution in [0.1, 0.15) is 20.8 Å². The van der Waals surface area contributed by atoms with Crippen LogP contribution in [0, 0.1) is 5.41 Å². The van der Waals surface area contributed by atoms with Crippen LogP contribution in [0.2, 0.25) is 0 Å². The van der Waals surface area contributed by atoms with Gasteiger partial charge in [0.15, 0.2) is 0 Å². The van der Waals surface area contributed by atoms with E-state index in [-0.39, 0.29) is 5.41 Å². The Bertz CT molecular complexity index is 109. The fourth-order valence-corrected chi connectivity index (χ4v) is 0.684. The highest BCUT2D eigenvalue weighted by Crippen LogP contribution is 2.27. The minimum atomic E-state index is 0.0520. The van der Waals surface area contributed by atoms with Crippen molar-refractivity contribution in [3.8, 4) is 0 Å². The molecule has 0 nitrogen and oxygen atoms in total. The lowest BCUT2D eigenvalue weighted by atomic mass is 9.96. The largest absolute Gasteiger partial charge is 0.122 e. The topological polar surface area (TPSA) is 0 Å². The number of halogens is 2. The van der Waals surface area contributed by atoms with Crippen molar-refractivity contribution in [3.05, 3.63) is 11.1 Å². The van der Waals surface area contributed by atoms with E-state index in [4.69, 9.17) is 23.2 Å². The summed E-state index contributed by atoms with van der Waals surface area (Å²) >= 11 is 11.3. The summed E-state index contributed by atoms with van der Waals surface area (Å²) in [5.74, 6) is 0.496. The third-order valence-corrected chi connectivity index (χ3v) is 1.85. The van der Waals surface area contributed by atoms with E-state index in [1.807, 2.05) is 6.08 Å². The van der Waals surface area contributed by atoms with Crippen molar-refractivity contribution < 1.29 is 0 Å². The molecule has 0 aromatic carbocycles. The quantitative estimate of drug-likeness (QED) is 0.525. The lowest BCUT2D eigenvalue weighted by Gasteiger charge is -2.16. The van der Waals surface area contributed by atoms with Gasteiger partial charge in [0, 0.05) is 10.9 Å². The van der Waals surface area contributed by atoms with Gasteiger partial charge >= 0.3 is 0 Å². The van der Waals surface area contributed by atoms with E-state index in [9.17, 15) is 0 Å². The van der Waals surface area contributed by atoms with Crippen LogP contribution in [0.15, 0.2) is 11.1 Å². The summed E-state index contributed by atoms with van der Waals surface area (Å²) in [6, 6.07) is 0. The van der Waals surface area contributed by atoms with Crippen LogP contribution >= 0.6 is 23.2 Å². The molecule has 0 unspecified atom stereocenters. The molecule has 0 aliphatic carbocycles. The Morgan fingerprint density at radius 2 is 1.89 bits per heavy atom. The molecule has 0 atom stereocenters. The maximum Gasteiger partial charge on any atom is 0.0418 e. The second kappa shape index (κ2) is 3.48. The smallest absolute Gasteiger partial charge is 0.0418 e. The average Bonchev–Trinajstić information content (AvgIpc) is 1.64. The first-order valence-electron chi connectivity index (χ1n) is 2.90. The highest BCUT2D eigenvalue weighted by atomic mass is 35.5. The molecule has 0 saturated carbocycles. The van der Waals surface area contributed by atoms with Gasteiger partial charge in [-0.1, -0.05) is 38.4 Å². The van der Waals surface area contributed by atoms with Crippen LogP contribution in [-0.4, -0.2) is 5.88 Å². The van der Waals surface area contributed by atoms with Gasteiger partial charge in [-0.15, -0.1) is 11.6 Å². The molecule has 0 N–H and O–H groups in total. The Labute approximate surface area is 66.8 Å². The van der Waals surface area contributed by atoms with Gasteiger partial charge in [-0.3, -0.25) is 0 Å². The van der Waals surface area contributed by atoms with Crippen LogP contribution in [0.4, 0.5) is 0 Å². The van der Waals surface area contributed by atoms with Crippen molar-refractivity contribution in [1.29, 1.82) is 0 Å². The molecular formula is C7H12Cl2. The zero-order valence-corrected chi connectivity index (χ0v) is 7.55. The zero-order valence-electron chi connectivity index (χ0n) is 6.04. The summed E-state index contributed by atoms with van der Waals surface area (Å²) < 4.78 is 0. The molecule has 0 saturated heterocycles. The number of alkyl halides is 1. The minimum absolute atomic E-state index is 0.0520. The third kappa shape index (κ3) is 3.83. The number of allylic oxidation sites excluding steroid dienone is 2. The highest BCUT2D eigenvalue weighted by molar-refractivity contribution is 6.31. The Kier molecular flexibility index (Phi) is 3.60. The summed E-state index contributed by atoms with van der Waals surface area (Å²) in [4.78, 5) is 0. The van der Waals surface area contributed by atoms with Crippen molar-refractivity contribution in [2.75, 3.05) is 5.88 Å². The molecule has 0 radical (unpaired) electrons. The number of rotatable bonds is 1. The van der Waals surface area contributed by atoms with Crippen LogP contribution in [-0.2, 0) is 0 Å². The molecule has 0 bridgehead atoms. The molecule has 0 rings (SSSR count). The molecule has 2 heteroatoms. The summed E-state index contributed by atoms with van der Waals surface area (Å²) in [5.41, 5.74) is 0.0520. The van der Waals surface area contributed by atoms with E-state index in [1.54, 1.807) is 0 Å². The molecule has 0 aromatic rings. The molecule has 0 heterocycles. The van der Waals surface area contributed by atoms with Crippen LogP contribution in [0.5, 0.6) is 0 Å². The molecular weight excluding hydrogens is 155 g/mol. The lowest BCUT2D eigenvalue weighted by molar-refractivity contribution is 0.530. The molecule has 0 aliphatic rings. The maximum absolute atomic E-state index is 5.83. The number of hydrogen-bond donors (Lipinski definition) is 0. The van der Waals surface area contributed by atoms with Gasteiger partial charge in [0.1, 0.15) is 0 Å². The van der Waals surface area contributed by atoms with Crippen molar-refractivity contribution >= 4 is 23.2 Å². The van der Waals surface area contributed by atoms with Crippen LogP contribution < -0.4 is 0 Å². The lowest BCUT2D eigenvalue weighted by Crippen LogP contribution is -2.04. The van der Waals surface area contributed by atoms with Crippen molar-refractivity contribution in [2.45, 2.75) is 20.8 Å². The van der Waals surface area contributed by atoms with Crippen molar-refractivity contribution in [1.82, 2.24) is 0 Å². The molecule has 54 valence electrons. The SMILES string of the molecule is CC(C)(C)/C(Cl)=C/CCl. The first-order valence-corrected chi connectivity index (χ1v) is 3.82. The second-order valence-electron chi connectivity index (χ2n) is 2.96.